The highest BCUT2D eigenvalue weighted by Gasteiger charge is 2.34. The number of carbonyl (C=O) groups excluding carboxylic acids is 1. The van der Waals surface area contributed by atoms with Gasteiger partial charge in [0.2, 0.25) is 3.79 Å². The lowest BCUT2D eigenvalue weighted by atomic mass is 10.2. The van der Waals surface area contributed by atoms with Gasteiger partial charge in [-0.05, 0) is 54.7 Å². The lowest BCUT2D eigenvalue weighted by Gasteiger charge is -2.27. The van der Waals surface area contributed by atoms with Crippen molar-refractivity contribution in [3.8, 4) is 5.75 Å². The van der Waals surface area contributed by atoms with E-state index in [1.54, 1.807) is 49.6 Å². The van der Waals surface area contributed by atoms with Crippen molar-refractivity contribution in [3.05, 3.63) is 59.1 Å². The van der Waals surface area contributed by atoms with Gasteiger partial charge in [-0.25, -0.2) is 0 Å². The maximum atomic E-state index is 12.4. The van der Waals surface area contributed by atoms with Crippen LogP contribution in [0.5, 0.6) is 5.75 Å². The zero-order valence-corrected chi connectivity index (χ0v) is 17.8. The summed E-state index contributed by atoms with van der Waals surface area (Å²) in [5, 5.41) is 8.87. The summed E-state index contributed by atoms with van der Waals surface area (Å²) in [5.41, 5.74) is 1.01. The lowest BCUT2D eigenvalue weighted by molar-refractivity contribution is 0.0934. The van der Waals surface area contributed by atoms with E-state index in [1.807, 2.05) is 0 Å². The number of thiocarbonyl (C=S) groups is 1. The van der Waals surface area contributed by atoms with Gasteiger partial charge in [-0.2, -0.15) is 0 Å². The number of hydrogen-bond acceptors (Lipinski definition) is 3. The molecule has 0 aliphatic rings. The van der Waals surface area contributed by atoms with Crippen LogP contribution in [-0.2, 0) is 0 Å². The van der Waals surface area contributed by atoms with Crippen molar-refractivity contribution in [3.63, 3.8) is 0 Å². The molecule has 0 aliphatic heterocycles. The molecule has 5 nitrogen and oxygen atoms in total. The number of amides is 1. The summed E-state index contributed by atoms with van der Waals surface area (Å²) >= 11 is 29.0. The molecule has 0 saturated carbocycles. The molecule has 0 bridgehead atoms. The topological polar surface area (TPSA) is 62.4 Å². The van der Waals surface area contributed by atoms with Crippen LogP contribution in [0.4, 0.5) is 5.69 Å². The molecule has 0 aromatic heterocycles. The van der Waals surface area contributed by atoms with Crippen molar-refractivity contribution in [2.24, 2.45) is 0 Å². The Balaban J connectivity index is 2.05. The number of nitrogens with one attached hydrogen (secondary N) is 3. The van der Waals surface area contributed by atoms with Crippen molar-refractivity contribution >= 4 is 75.3 Å². The van der Waals surface area contributed by atoms with Gasteiger partial charge in [0.05, 0.1) is 7.11 Å². The third kappa shape index (κ3) is 6.90. The molecular formula is C17H15Cl4N3O2S. The Bertz CT molecular complexity index is 813. The van der Waals surface area contributed by atoms with E-state index < -0.39 is 15.9 Å². The van der Waals surface area contributed by atoms with Crippen molar-refractivity contribution < 1.29 is 9.53 Å². The van der Waals surface area contributed by atoms with E-state index >= 15 is 0 Å². The van der Waals surface area contributed by atoms with Crippen LogP contribution in [0.25, 0.3) is 0 Å². The number of carbonyl (C=O) groups is 1. The molecule has 144 valence electrons. The summed E-state index contributed by atoms with van der Waals surface area (Å²) in [4.78, 5) is 12.4. The van der Waals surface area contributed by atoms with Crippen molar-refractivity contribution in [2.45, 2.75) is 9.96 Å². The molecule has 0 heterocycles. The second-order valence-corrected chi connectivity index (χ2v) is 8.50. The van der Waals surface area contributed by atoms with E-state index in [0.29, 0.717) is 22.0 Å². The molecule has 1 atom stereocenters. The third-order valence-corrected chi connectivity index (χ3v) is 4.42. The van der Waals surface area contributed by atoms with Crippen LogP contribution in [0.2, 0.25) is 5.02 Å². The Morgan fingerprint density at radius 2 is 1.78 bits per heavy atom. The number of halogens is 4. The highest BCUT2D eigenvalue weighted by Crippen LogP contribution is 2.29. The van der Waals surface area contributed by atoms with Crippen molar-refractivity contribution in [1.29, 1.82) is 0 Å². The van der Waals surface area contributed by atoms with Gasteiger partial charge in [0.1, 0.15) is 11.9 Å². The number of rotatable bonds is 5. The van der Waals surface area contributed by atoms with Crippen LogP contribution < -0.4 is 20.7 Å². The minimum absolute atomic E-state index is 0.155. The summed E-state index contributed by atoms with van der Waals surface area (Å²) < 4.78 is 3.23. The maximum absolute atomic E-state index is 12.4. The first kappa shape index (κ1) is 21.9. The highest BCUT2D eigenvalue weighted by atomic mass is 35.6. The van der Waals surface area contributed by atoms with Gasteiger partial charge in [0, 0.05) is 16.3 Å². The molecule has 2 aromatic carbocycles. The normalized spacial score (nSPS) is 12.0. The number of hydrogen-bond donors (Lipinski definition) is 3. The summed E-state index contributed by atoms with van der Waals surface area (Å²) in [5.74, 6) is 0.223. The molecule has 0 radical (unpaired) electrons. The Labute approximate surface area is 182 Å². The smallest absolute Gasteiger partial charge is 0.253 e. The molecule has 0 fully saturated rings. The predicted octanol–water partition coefficient (Wildman–Crippen LogP) is 4.76. The monoisotopic (exact) mass is 465 g/mol. The van der Waals surface area contributed by atoms with Gasteiger partial charge in [-0.3, -0.25) is 4.79 Å². The average molecular weight is 467 g/mol. The largest absolute Gasteiger partial charge is 0.497 e. The fourth-order valence-corrected chi connectivity index (χ4v) is 2.77. The maximum Gasteiger partial charge on any atom is 0.253 e. The molecule has 3 N–H and O–H groups in total. The fraction of sp³-hybridized carbons (Fsp3) is 0.176. The van der Waals surface area contributed by atoms with Gasteiger partial charge in [-0.1, -0.05) is 52.5 Å². The minimum atomic E-state index is -1.86. The number of ether oxygens (including phenoxy) is 1. The Kier molecular flexibility index (Phi) is 7.82. The first-order valence-electron chi connectivity index (χ1n) is 7.54. The summed E-state index contributed by atoms with van der Waals surface area (Å²) in [7, 11) is 1.57. The third-order valence-electron chi connectivity index (χ3n) is 3.31. The molecule has 1 unspecified atom stereocenters. The summed E-state index contributed by atoms with van der Waals surface area (Å²) in [6.45, 7) is 0. The number of benzene rings is 2. The van der Waals surface area contributed by atoms with Gasteiger partial charge >= 0.3 is 0 Å². The molecule has 1 amide bonds. The van der Waals surface area contributed by atoms with Crippen LogP contribution in [0, 0.1) is 0 Å². The second kappa shape index (κ2) is 9.66. The van der Waals surface area contributed by atoms with Crippen LogP contribution >= 0.6 is 58.6 Å². The second-order valence-electron chi connectivity index (χ2n) is 5.29. The van der Waals surface area contributed by atoms with Crippen molar-refractivity contribution in [2.75, 3.05) is 12.4 Å². The minimum Gasteiger partial charge on any atom is -0.497 e. The fourth-order valence-electron chi connectivity index (χ4n) is 2.02. The standard InChI is InChI=1S/C17H15Cl4N3O2S/c1-26-13-7-5-12(6-8-13)22-16(27)24-15(17(19,20)21)23-14(25)10-3-2-4-11(18)9-10/h2-9,15H,1H3,(H,23,25)(H2,22,24,27). The van der Waals surface area contributed by atoms with Crippen molar-refractivity contribution in [1.82, 2.24) is 10.6 Å². The van der Waals surface area contributed by atoms with E-state index in [0.717, 1.165) is 0 Å². The van der Waals surface area contributed by atoms with Gasteiger partial charge in [-0.15, -0.1) is 0 Å². The highest BCUT2D eigenvalue weighted by molar-refractivity contribution is 7.80. The van der Waals surface area contributed by atoms with E-state index in [2.05, 4.69) is 16.0 Å². The summed E-state index contributed by atoms with van der Waals surface area (Å²) in [6.07, 6.45) is -1.09. The Morgan fingerprint density at radius 1 is 1.11 bits per heavy atom. The van der Waals surface area contributed by atoms with E-state index in [4.69, 9.17) is 63.4 Å². The Hall–Kier alpha value is -1.44. The first-order valence-corrected chi connectivity index (χ1v) is 9.46. The van der Waals surface area contributed by atoms with Crippen LogP contribution in [0.3, 0.4) is 0 Å². The summed E-state index contributed by atoms with van der Waals surface area (Å²) in [6, 6.07) is 13.4. The molecule has 0 spiro atoms. The predicted molar refractivity (Wildman–Crippen MR) is 115 cm³/mol. The number of methoxy groups -OCH3 is 1. The molecule has 2 rings (SSSR count). The number of anilines is 1. The average Bonchev–Trinajstić information content (AvgIpc) is 2.61. The molecule has 0 saturated heterocycles. The van der Waals surface area contributed by atoms with Crippen LogP contribution in [0.1, 0.15) is 10.4 Å². The Morgan fingerprint density at radius 3 is 2.33 bits per heavy atom. The molecule has 2 aromatic rings. The quantitative estimate of drug-likeness (QED) is 0.337. The van der Waals surface area contributed by atoms with Gasteiger partial charge in [0.25, 0.3) is 5.91 Å². The molecule has 10 heteroatoms. The SMILES string of the molecule is COc1ccc(NC(=S)NC(NC(=O)c2cccc(Cl)c2)C(Cl)(Cl)Cl)cc1. The van der Waals surface area contributed by atoms with Gasteiger partial charge < -0.3 is 20.7 Å². The zero-order valence-electron chi connectivity index (χ0n) is 13.9. The lowest BCUT2D eigenvalue weighted by Crippen LogP contribution is -2.56. The number of alkyl halides is 3. The zero-order chi connectivity index (χ0) is 20.0. The molecule has 27 heavy (non-hydrogen) atoms. The van der Waals surface area contributed by atoms with Gasteiger partial charge in [0.15, 0.2) is 5.11 Å². The van der Waals surface area contributed by atoms with Crippen LogP contribution in [-0.4, -0.2) is 28.1 Å². The van der Waals surface area contributed by atoms with E-state index in [-0.39, 0.29) is 5.11 Å². The molecule has 0 aliphatic carbocycles. The van der Waals surface area contributed by atoms with E-state index in [1.165, 1.54) is 6.07 Å². The first-order chi connectivity index (χ1) is 12.7. The van der Waals surface area contributed by atoms with Crippen LogP contribution in [0.15, 0.2) is 48.5 Å². The molecular weight excluding hydrogens is 452 g/mol. The van der Waals surface area contributed by atoms with E-state index in [9.17, 15) is 4.79 Å².